The predicted octanol–water partition coefficient (Wildman–Crippen LogP) is 1.08. The van der Waals surface area contributed by atoms with E-state index in [4.69, 9.17) is 5.73 Å². The average Bonchev–Trinajstić information content (AvgIpc) is 2.25. The fraction of sp³-hybridized carbons (Fsp3) is 0.636. The first-order valence-corrected chi connectivity index (χ1v) is 5.48. The van der Waals surface area contributed by atoms with Crippen LogP contribution in [0.5, 0.6) is 0 Å². The van der Waals surface area contributed by atoms with Gasteiger partial charge in [0, 0.05) is 31.7 Å². The molecule has 0 aromatic carbocycles. The summed E-state index contributed by atoms with van der Waals surface area (Å²) in [5.74, 6) is 1.72. The second-order valence-corrected chi connectivity index (χ2v) is 4.62. The van der Waals surface area contributed by atoms with Crippen LogP contribution in [0.4, 0.5) is 11.6 Å². The summed E-state index contributed by atoms with van der Waals surface area (Å²) in [6.45, 7) is 7.62. The third kappa shape index (κ3) is 4.02. The van der Waals surface area contributed by atoms with Gasteiger partial charge in [-0.05, 0) is 20.8 Å². The zero-order valence-corrected chi connectivity index (χ0v) is 10.5. The Morgan fingerprint density at radius 1 is 1.44 bits per heavy atom. The van der Waals surface area contributed by atoms with Crippen LogP contribution >= 0.6 is 0 Å². The molecule has 0 amide bonds. The first-order chi connectivity index (χ1) is 7.42. The zero-order chi connectivity index (χ0) is 12.2. The molecule has 1 rings (SSSR count). The fourth-order valence-corrected chi connectivity index (χ4v) is 1.13. The highest BCUT2D eigenvalue weighted by Gasteiger charge is 2.10. The Hall–Kier alpha value is -1.36. The molecule has 0 aliphatic heterocycles. The third-order valence-corrected chi connectivity index (χ3v) is 2.24. The van der Waals surface area contributed by atoms with Crippen LogP contribution in [0.3, 0.4) is 0 Å². The van der Waals surface area contributed by atoms with Gasteiger partial charge in [-0.3, -0.25) is 0 Å². The maximum Gasteiger partial charge on any atom is 0.133 e. The van der Waals surface area contributed by atoms with Gasteiger partial charge in [0.2, 0.25) is 0 Å². The van der Waals surface area contributed by atoms with Crippen LogP contribution in [0, 0.1) is 0 Å². The lowest BCUT2D eigenvalue weighted by Gasteiger charge is -2.20. The molecule has 0 unspecified atom stereocenters. The molecule has 0 atom stereocenters. The Kier molecular flexibility index (Phi) is 4.06. The first-order valence-electron chi connectivity index (χ1n) is 5.48. The van der Waals surface area contributed by atoms with E-state index in [0.29, 0.717) is 6.54 Å². The molecule has 1 heterocycles. The molecular weight excluding hydrogens is 202 g/mol. The second kappa shape index (κ2) is 5.12. The number of aromatic nitrogens is 2. The van der Waals surface area contributed by atoms with Crippen molar-refractivity contribution in [1.29, 1.82) is 0 Å². The Bertz CT molecular complexity index is 331. The lowest BCUT2D eigenvalue weighted by Crippen LogP contribution is -2.39. The summed E-state index contributed by atoms with van der Waals surface area (Å²) >= 11 is 0. The van der Waals surface area contributed by atoms with Gasteiger partial charge in [-0.25, -0.2) is 9.97 Å². The van der Waals surface area contributed by atoms with E-state index in [1.165, 1.54) is 0 Å². The van der Waals surface area contributed by atoms with Gasteiger partial charge in [-0.1, -0.05) is 0 Å². The normalized spacial score (nSPS) is 11.3. The summed E-state index contributed by atoms with van der Waals surface area (Å²) in [5.41, 5.74) is 5.64. The van der Waals surface area contributed by atoms with E-state index in [1.807, 2.05) is 27.0 Å². The smallest absolute Gasteiger partial charge is 0.133 e. The molecule has 90 valence electrons. The van der Waals surface area contributed by atoms with Gasteiger partial charge >= 0.3 is 0 Å². The van der Waals surface area contributed by atoms with Crippen molar-refractivity contribution >= 4 is 11.6 Å². The van der Waals surface area contributed by atoms with Gasteiger partial charge in [-0.15, -0.1) is 0 Å². The van der Waals surface area contributed by atoms with Crippen LogP contribution in [-0.2, 0) is 0 Å². The lowest BCUT2D eigenvalue weighted by molar-refractivity contribution is 0.548. The molecule has 0 fully saturated rings. The summed E-state index contributed by atoms with van der Waals surface area (Å²) in [6, 6.07) is 1.93. The van der Waals surface area contributed by atoms with Crippen LogP contribution in [-0.4, -0.2) is 35.6 Å². The minimum absolute atomic E-state index is 0.248. The topological polar surface area (TPSA) is 67.1 Å². The summed E-state index contributed by atoms with van der Waals surface area (Å²) in [5, 5.41) is 3.20. The molecule has 5 nitrogen and oxygen atoms in total. The second-order valence-electron chi connectivity index (χ2n) is 4.62. The molecular formula is C11H21N5. The number of nitrogens with two attached hydrogens (primary N) is 1. The van der Waals surface area contributed by atoms with Crippen molar-refractivity contribution in [3.05, 3.63) is 12.4 Å². The standard InChI is InChI=1S/C11H21N5/c1-5-16(4)10-6-9(14-8-15-10)13-7-11(2,3)12/h6,8H,5,7,12H2,1-4H3,(H,13,14,15). The zero-order valence-electron chi connectivity index (χ0n) is 10.5. The number of nitrogens with zero attached hydrogens (tertiary/aromatic N) is 3. The summed E-state index contributed by atoms with van der Waals surface area (Å²) < 4.78 is 0. The van der Waals surface area contributed by atoms with Crippen molar-refractivity contribution in [2.45, 2.75) is 26.3 Å². The van der Waals surface area contributed by atoms with Crippen LogP contribution in [0.25, 0.3) is 0 Å². The van der Waals surface area contributed by atoms with Gasteiger partial charge in [0.25, 0.3) is 0 Å². The quantitative estimate of drug-likeness (QED) is 0.782. The van der Waals surface area contributed by atoms with Gasteiger partial charge in [0.15, 0.2) is 0 Å². The fourth-order valence-electron chi connectivity index (χ4n) is 1.13. The van der Waals surface area contributed by atoms with E-state index in [2.05, 4.69) is 27.1 Å². The lowest BCUT2D eigenvalue weighted by atomic mass is 10.1. The average molecular weight is 223 g/mol. The minimum atomic E-state index is -0.248. The highest BCUT2D eigenvalue weighted by atomic mass is 15.2. The van der Waals surface area contributed by atoms with E-state index >= 15 is 0 Å². The first kappa shape index (κ1) is 12.7. The van der Waals surface area contributed by atoms with E-state index in [9.17, 15) is 0 Å². The van der Waals surface area contributed by atoms with Crippen LogP contribution in [0.15, 0.2) is 12.4 Å². The molecule has 3 N–H and O–H groups in total. The minimum Gasteiger partial charge on any atom is -0.368 e. The molecule has 0 bridgehead atoms. The summed E-state index contributed by atoms with van der Waals surface area (Å²) in [7, 11) is 2.00. The Morgan fingerprint density at radius 2 is 2.12 bits per heavy atom. The summed E-state index contributed by atoms with van der Waals surface area (Å²) in [4.78, 5) is 10.4. The number of nitrogens with one attached hydrogen (secondary N) is 1. The van der Waals surface area contributed by atoms with Crippen molar-refractivity contribution < 1.29 is 0 Å². The molecule has 1 aromatic heterocycles. The highest BCUT2D eigenvalue weighted by Crippen LogP contribution is 2.12. The van der Waals surface area contributed by atoms with Crippen molar-refractivity contribution in [2.24, 2.45) is 5.73 Å². The molecule has 16 heavy (non-hydrogen) atoms. The van der Waals surface area contributed by atoms with Crippen molar-refractivity contribution in [3.8, 4) is 0 Å². The van der Waals surface area contributed by atoms with Crippen LogP contribution < -0.4 is 16.0 Å². The Morgan fingerprint density at radius 3 is 2.69 bits per heavy atom. The number of rotatable bonds is 5. The molecule has 0 spiro atoms. The highest BCUT2D eigenvalue weighted by molar-refractivity contribution is 5.47. The molecule has 0 aliphatic rings. The molecule has 0 saturated carbocycles. The van der Waals surface area contributed by atoms with Crippen LogP contribution in [0.2, 0.25) is 0 Å². The molecule has 0 saturated heterocycles. The van der Waals surface area contributed by atoms with Gasteiger partial charge in [0.05, 0.1) is 0 Å². The van der Waals surface area contributed by atoms with Crippen molar-refractivity contribution in [2.75, 3.05) is 30.4 Å². The van der Waals surface area contributed by atoms with E-state index in [-0.39, 0.29) is 5.54 Å². The van der Waals surface area contributed by atoms with E-state index < -0.39 is 0 Å². The van der Waals surface area contributed by atoms with Gasteiger partial charge < -0.3 is 16.0 Å². The number of hydrogen-bond donors (Lipinski definition) is 2. The maximum atomic E-state index is 5.89. The SMILES string of the molecule is CCN(C)c1cc(NCC(C)(C)N)ncn1. The van der Waals surface area contributed by atoms with Crippen molar-refractivity contribution in [1.82, 2.24) is 9.97 Å². The summed E-state index contributed by atoms with van der Waals surface area (Å²) in [6.07, 6.45) is 1.56. The maximum absolute atomic E-state index is 5.89. The van der Waals surface area contributed by atoms with Gasteiger partial charge in [-0.2, -0.15) is 0 Å². The number of anilines is 2. The molecule has 0 radical (unpaired) electrons. The largest absolute Gasteiger partial charge is 0.368 e. The van der Waals surface area contributed by atoms with Crippen LogP contribution in [0.1, 0.15) is 20.8 Å². The Balaban J connectivity index is 2.68. The van der Waals surface area contributed by atoms with E-state index in [1.54, 1.807) is 6.33 Å². The third-order valence-electron chi connectivity index (χ3n) is 2.24. The number of hydrogen-bond acceptors (Lipinski definition) is 5. The van der Waals surface area contributed by atoms with Crippen molar-refractivity contribution in [3.63, 3.8) is 0 Å². The van der Waals surface area contributed by atoms with E-state index in [0.717, 1.165) is 18.2 Å². The Labute approximate surface area is 97.1 Å². The molecule has 5 heteroatoms. The monoisotopic (exact) mass is 223 g/mol. The van der Waals surface area contributed by atoms with Gasteiger partial charge in [0.1, 0.15) is 18.0 Å². The predicted molar refractivity (Wildman–Crippen MR) is 67.7 cm³/mol. The molecule has 1 aromatic rings. The molecule has 0 aliphatic carbocycles.